The summed E-state index contributed by atoms with van der Waals surface area (Å²) in [6.45, 7) is 0.883. The van der Waals surface area contributed by atoms with E-state index < -0.39 is 35.3 Å². The second-order valence-corrected chi connectivity index (χ2v) is 5.17. The molecule has 0 saturated carbocycles. The number of benzene rings is 2. The number of nitro groups is 1. The van der Waals surface area contributed by atoms with Crippen LogP contribution in [-0.4, -0.2) is 29.5 Å². The number of anilines is 1. The predicted molar refractivity (Wildman–Crippen MR) is 89.2 cm³/mol. The molecular weight excluding hydrogens is 347 g/mol. The van der Waals surface area contributed by atoms with E-state index in [0.717, 1.165) is 6.07 Å². The van der Waals surface area contributed by atoms with E-state index in [0.29, 0.717) is 0 Å². The molecule has 0 radical (unpaired) electrons. The first-order valence-electron chi connectivity index (χ1n) is 7.48. The van der Waals surface area contributed by atoms with Gasteiger partial charge in [0, 0.05) is 17.8 Å². The first-order chi connectivity index (χ1) is 12.3. The van der Waals surface area contributed by atoms with Crippen molar-refractivity contribution in [3.63, 3.8) is 0 Å². The zero-order chi connectivity index (χ0) is 19.1. The summed E-state index contributed by atoms with van der Waals surface area (Å²) in [5.74, 6) is -1.70. The molecule has 0 heterocycles. The summed E-state index contributed by atoms with van der Waals surface area (Å²) in [6.07, 6.45) is -1.12. The van der Waals surface area contributed by atoms with Crippen LogP contribution < -0.4 is 10.1 Å². The van der Waals surface area contributed by atoms with Crippen molar-refractivity contribution >= 4 is 23.3 Å². The lowest BCUT2D eigenvalue weighted by Gasteiger charge is -2.14. The van der Waals surface area contributed by atoms with Gasteiger partial charge in [-0.1, -0.05) is 6.07 Å². The van der Waals surface area contributed by atoms with Crippen molar-refractivity contribution in [3.8, 4) is 5.75 Å². The molecule has 0 spiro atoms. The molecule has 136 valence electrons. The molecule has 0 saturated heterocycles. The van der Waals surface area contributed by atoms with E-state index in [9.17, 15) is 24.1 Å². The molecule has 0 bridgehead atoms. The third kappa shape index (κ3) is 5.55. The number of amides is 1. The van der Waals surface area contributed by atoms with E-state index in [1.165, 1.54) is 49.4 Å². The minimum absolute atomic E-state index is 0.109. The normalized spacial score (nSPS) is 11.3. The Morgan fingerprint density at radius 3 is 2.54 bits per heavy atom. The van der Waals surface area contributed by atoms with E-state index in [2.05, 4.69) is 5.32 Å². The predicted octanol–water partition coefficient (Wildman–Crippen LogP) is 2.68. The maximum atomic E-state index is 13.1. The van der Waals surface area contributed by atoms with Gasteiger partial charge >= 0.3 is 5.97 Å². The van der Waals surface area contributed by atoms with E-state index >= 15 is 0 Å². The highest BCUT2D eigenvalue weighted by molar-refractivity contribution is 5.95. The second kappa shape index (κ2) is 8.56. The van der Waals surface area contributed by atoms with Gasteiger partial charge in [0.2, 0.25) is 0 Å². The summed E-state index contributed by atoms with van der Waals surface area (Å²) in [7, 11) is 0. The second-order valence-electron chi connectivity index (χ2n) is 5.17. The summed E-state index contributed by atoms with van der Waals surface area (Å²) in [5.41, 5.74) is 0.127. The number of nitrogens with zero attached hydrogens (tertiary/aromatic N) is 1. The molecule has 1 N–H and O–H groups in total. The quantitative estimate of drug-likeness (QED) is 0.461. The third-order valence-corrected chi connectivity index (χ3v) is 3.17. The van der Waals surface area contributed by atoms with Crippen molar-refractivity contribution < 1.29 is 28.4 Å². The number of hydrogen-bond acceptors (Lipinski definition) is 6. The van der Waals surface area contributed by atoms with Gasteiger partial charge in [-0.25, -0.2) is 9.18 Å². The molecule has 1 atom stereocenters. The number of non-ortho nitro benzene ring substituents is 1. The van der Waals surface area contributed by atoms with Crippen LogP contribution in [0.4, 0.5) is 15.8 Å². The molecule has 0 aliphatic carbocycles. The summed E-state index contributed by atoms with van der Waals surface area (Å²) in [6, 6.07) is 10.4. The van der Waals surface area contributed by atoms with Crippen LogP contribution in [0, 0.1) is 15.9 Å². The SMILES string of the molecule is C[C@H](OC(=O)COc1ccc([N+](=O)[O-])cc1)C(=O)Nc1cccc(F)c1. The first kappa shape index (κ1) is 18.8. The van der Waals surface area contributed by atoms with Gasteiger partial charge in [-0.2, -0.15) is 0 Å². The minimum atomic E-state index is -1.12. The van der Waals surface area contributed by atoms with Crippen LogP contribution in [0.25, 0.3) is 0 Å². The van der Waals surface area contributed by atoms with E-state index in [-0.39, 0.29) is 17.1 Å². The molecule has 0 aromatic heterocycles. The molecule has 2 aromatic rings. The number of ether oxygens (including phenoxy) is 2. The molecule has 2 aromatic carbocycles. The van der Waals surface area contributed by atoms with Crippen molar-refractivity contribution in [2.45, 2.75) is 13.0 Å². The number of carbonyl (C=O) groups is 2. The number of nitro benzene ring substituents is 1. The number of rotatable bonds is 7. The van der Waals surface area contributed by atoms with Gasteiger partial charge in [0.1, 0.15) is 11.6 Å². The number of hydrogen-bond donors (Lipinski definition) is 1. The van der Waals surface area contributed by atoms with Gasteiger partial charge < -0.3 is 14.8 Å². The monoisotopic (exact) mass is 362 g/mol. The van der Waals surface area contributed by atoms with Gasteiger partial charge in [-0.15, -0.1) is 0 Å². The summed E-state index contributed by atoms with van der Waals surface area (Å²) in [4.78, 5) is 33.6. The molecule has 8 nitrogen and oxygen atoms in total. The molecule has 0 aliphatic heterocycles. The Balaban J connectivity index is 1.80. The Morgan fingerprint density at radius 2 is 1.92 bits per heavy atom. The molecule has 26 heavy (non-hydrogen) atoms. The van der Waals surface area contributed by atoms with Crippen LogP contribution in [0.3, 0.4) is 0 Å². The highest BCUT2D eigenvalue weighted by atomic mass is 19.1. The van der Waals surface area contributed by atoms with Crippen LogP contribution in [0.5, 0.6) is 5.75 Å². The molecule has 0 fully saturated rings. The van der Waals surface area contributed by atoms with Crippen molar-refractivity contribution in [1.29, 1.82) is 0 Å². The molecular formula is C17H15FN2O6. The minimum Gasteiger partial charge on any atom is -0.482 e. The maximum Gasteiger partial charge on any atom is 0.344 e. The zero-order valence-corrected chi connectivity index (χ0v) is 13.7. The fourth-order valence-electron chi connectivity index (χ4n) is 1.90. The van der Waals surface area contributed by atoms with Crippen molar-refractivity contribution in [2.75, 3.05) is 11.9 Å². The Labute approximate surface area is 147 Å². The lowest BCUT2D eigenvalue weighted by atomic mass is 10.3. The molecule has 9 heteroatoms. The Kier molecular flexibility index (Phi) is 6.20. The van der Waals surface area contributed by atoms with Crippen molar-refractivity contribution in [1.82, 2.24) is 0 Å². The summed E-state index contributed by atoms with van der Waals surface area (Å²) >= 11 is 0. The lowest BCUT2D eigenvalue weighted by Crippen LogP contribution is -2.31. The van der Waals surface area contributed by atoms with Gasteiger partial charge in [0.25, 0.3) is 11.6 Å². The van der Waals surface area contributed by atoms with Crippen LogP contribution in [-0.2, 0) is 14.3 Å². The Morgan fingerprint density at radius 1 is 1.23 bits per heavy atom. The topological polar surface area (TPSA) is 108 Å². The fourth-order valence-corrected chi connectivity index (χ4v) is 1.90. The standard InChI is InChI=1S/C17H15FN2O6/c1-11(17(22)19-13-4-2-3-12(18)9-13)26-16(21)10-25-15-7-5-14(6-8-15)20(23)24/h2-9,11H,10H2,1H3,(H,19,22)/t11-/m0/s1. The van der Waals surface area contributed by atoms with Crippen molar-refractivity contribution in [3.05, 3.63) is 64.5 Å². The smallest absolute Gasteiger partial charge is 0.344 e. The van der Waals surface area contributed by atoms with Crippen molar-refractivity contribution in [2.24, 2.45) is 0 Å². The largest absolute Gasteiger partial charge is 0.482 e. The highest BCUT2D eigenvalue weighted by Gasteiger charge is 2.18. The summed E-state index contributed by atoms with van der Waals surface area (Å²) < 4.78 is 23.1. The van der Waals surface area contributed by atoms with E-state index in [1.807, 2.05) is 0 Å². The van der Waals surface area contributed by atoms with Gasteiger partial charge in [-0.05, 0) is 37.3 Å². The molecule has 1 amide bonds. The number of esters is 1. The number of nitrogens with one attached hydrogen (secondary N) is 1. The zero-order valence-electron chi connectivity index (χ0n) is 13.7. The highest BCUT2D eigenvalue weighted by Crippen LogP contribution is 2.17. The summed E-state index contributed by atoms with van der Waals surface area (Å²) in [5, 5.41) is 13.0. The number of carbonyl (C=O) groups excluding carboxylic acids is 2. The first-order valence-corrected chi connectivity index (χ1v) is 7.48. The van der Waals surface area contributed by atoms with Crippen LogP contribution in [0.2, 0.25) is 0 Å². The molecule has 0 aliphatic rings. The average Bonchev–Trinajstić information content (AvgIpc) is 2.60. The molecule has 2 rings (SSSR count). The van der Waals surface area contributed by atoms with Crippen LogP contribution in [0.15, 0.2) is 48.5 Å². The van der Waals surface area contributed by atoms with E-state index in [1.54, 1.807) is 0 Å². The Hall–Kier alpha value is -3.49. The third-order valence-electron chi connectivity index (χ3n) is 3.17. The fraction of sp³-hybridized carbons (Fsp3) is 0.176. The number of halogens is 1. The maximum absolute atomic E-state index is 13.1. The van der Waals surface area contributed by atoms with Crippen LogP contribution >= 0.6 is 0 Å². The Bertz CT molecular complexity index is 809. The molecule has 0 unspecified atom stereocenters. The van der Waals surface area contributed by atoms with E-state index in [4.69, 9.17) is 9.47 Å². The van der Waals surface area contributed by atoms with Gasteiger partial charge in [0.05, 0.1) is 4.92 Å². The van der Waals surface area contributed by atoms with Gasteiger partial charge in [-0.3, -0.25) is 14.9 Å². The van der Waals surface area contributed by atoms with Crippen LogP contribution in [0.1, 0.15) is 6.92 Å². The van der Waals surface area contributed by atoms with Gasteiger partial charge in [0.15, 0.2) is 12.7 Å². The average molecular weight is 362 g/mol. The lowest BCUT2D eigenvalue weighted by molar-refractivity contribution is -0.384.